The maximum Gasteiger partial charge on any atom is 0.345 e. The summed E-state index contributed by atoms with van der Waals surface area (Å²) in [5.74, 6) is -12.0. The molecule has 2 aromatic rings. The summed E-state index contributed by atoms with van der Waals surface area (Å²) in [6.07, 6.45) is 0. The number of benzene rings is 2. The summed E-state index contributed by atoms with van der Waals surface area (Å²) in [7, 11) is 16.7. The first kappa shape index (κ1) is 20.8. The van der Waals surface area contributed by atoms with Gasteiger partial charge in [0, 0.05) is 28.3 Å². The van der Waals surface area contributed by atoms with Crippen LogP contribution in [0.2, 0.25) is 5.21 Å². The number of hydrogen-bond acceptors (Lipinski definition) is 4. The zero-order valence-corrected chi connectivity index (χ0v) is 14.8. The quantitative estimate of drug-likeness (QED) is 0.586. The van der Waals surface area contributed by atoms with Crippen LogP contribution in [-0.2, 0) is 17.0 Å². The standard InChI is InChI=1S/C18H7B3F5NO3/c19-15(29)13-11(30-9-4-7(6-27)3-8(22)5-9)2-1-10-12(13)14(28,17(15,20)21)18(25,26)16(10,23)24/h1-5,28-29H/t14-,15-/m0/s1. The molecule has 0 spiro atoms. The van der Waals surface area contributed by atoms with Crippen molar-refractivity contribution >= 4 is 23.5 Å². The van der Waals surface area contributed by atoms with Gasteiger partial charge in [0.1, 0.15) is 25.2 Å². The van der Waals surface area contributed by atoms with E-state index in [-0.39, 0.29) is 11.3 Å². The third-order valence-electron chi connectivity index (χ3n) is 5.55. The summed E-state index contributed by atoms with van der Waals surface area (Å²) in [5, 5.41) is 26.9. The molecule has 2 aromatic carbocycles. The van der Waals surface area contributed by atoms with Crippen LogP contribution in [0.5, 0.6) is 11.5 Å². The molecule has 0 heterocycles. The average Bonchev–Trinajstić information content (AvgIpc) is 2.85. The lowest BCUT2D eigenvalue weighted by Crippen LogP contribution is -2.59. The van der Waals surface area contributed by atoms with Crippen molar-refractivity contribution < 1.29 is 36.9 Å². The lowest BCUT2D eigenvalue weighted by atomic mass is 9.37. The largest absolute Gasteiger partial charge is 0.457 e. The zero-order valence-electron chi connectivity index (χ0n) is 14.8. The van der Waals surface area contributed by atoms with Gasteiger partial charge in [-0.15, -0.1) is 0 Å². The molecule has 0 bridgehead atoms. The van der Waals surface area contributed by atoms with Gasteiger partial charge in [-0.05, 0) is 29.5 Å². The van der Waals surface area contributed by atoms with E-state index in [1.807, 2.05) is 0 Å². The van der Waals surface area contributed by atoms with Crippen LogP contribution in [0.25, 0.3) is 0 Å². The van der Waals surface area contributed by atoms with Crippen LogP contribution in [0.15, 0.2) is 30.3 Å². The summed E-state index contributed by atoms with van der Waals surface area (Å²) >= 11 is 0. The Morgan fingerprint density at radius 3 is 2.20 bits per heavy atom. The predicted molar refractivity (Wildman–Crippen MR) is 94.2 cm³/mol. The SMILES string of the molecule is [B]C1([B])[C@@]2(O)c3c(ccc(Oc4cc(F)cc(C#N)c4)c3[C@]1([B])O)C(F)(F)C2(F)F. The second kappa shape index (κ2) is 5.59. The van der Waals surface area contributed by atoms with Crippen molar-refractivity contribution in [1.82, 2.24) is 0 Å². The molecule has 0 unspecified atom stereocenters. The van der Waals surface area contributed by atoms with Gasteiger partial charge in [-0.25, -0.2) is 4.39 Å². The molecule has 0 amide bonds. The van der Waals surface area contributed by atoms with E-state index in [0.717, 1.165) is 24.3 Å². The average molecular weight is 413 g/mol. The van der Waals surface area contributed by atoms with Gasteiger partial charge in [-0.1, -0.05) is 0 Å². The summed E-state index contributed by atoms with van der Waals surface area (Å²) in [5.41, 5.74) is -10.7. The minimum absolute atomic E-state index is 0.174. The van der Waals surface area contributed by atoms with Crippen molar-refractivity contribution in [1.29, 1.82) is 5.26 Å². The van der Waals surface area contributed by atoms with Gasteiger partial charge in [0.25, 0.3) is 0 Å². The first-order chi connectivity index (χ1) is 13.6. The summed E-state index contributed by atoms with van der Waals surface area (Å²) in [6.45, 7) is 0. The molecule has 0 fully saturated rings. The summed E-state index contributed by atoms with van der Waals surface area (Å²) in [4.78, 5) is 0. The normalized spacial score (nSPS) is 29.3. The second-order valence-electron chi connectivity index (χ2n) is 7.25. The zero-order chi connectivity index (χ0) is 22.5. The Labute approximate surface area is 170 Å². The Bertz CT molecular complexity index is 1150. The van der Waals surface area contributed by atoms with Gasteiger partial charge in [0.2, 0.25) is 0 Å². The molecule has 2 N–H and O–H groups in total. The Balaban J connectivity index is 2.01. The first-order valence-corrected chi connectivity index (χ1v) is 8.28. The molecule has 0 aromatic heterocycles. The highest BCUT2D eigenvalue weighted by molar-refractivity contribution is 6.46. The number of alkyl halides is 4. The number of ether oxygens (including phenoxy) is 1. The molecule has 12 heteroatoms. The fourth-order valence-electron chi connectivity index (χ4n) is 4.00. The van der Waals surface area contributed by atoms with Gasteiger partial charge in [0.15, 0.2) is 5.60 Å². The lowest BCUT2D eigenvalue weighted by molar-refractivity contribution is -0.294. The summed E-state index contributed by atoms with van der Waals surface area (Å²) < 4.78 is 77.3. The van der Waals surface area contributed by atoms with Gasteiger partial charge < -0.3 is 14.9 Å². The van der Waals surface area contributed by atoms with Crippen LogP contribution in [0, 0.1) is 17.1 Å². The van der Waals surface area contributed by atoms with Gasteiger partial charge in [-0.2, -0.15) is 22.8 Å². The molecule has 146 valence electrons. The molecule has 0 saturated heterocycles. The third-order valence-corrected chi connectivity index (χ3v) is 5.55. The van der Waals surface area contributed by atoms with E-state index in [1.165, 1.54) is 0 Å². The van der Waals surface area contributed by atoms with Gasteiger partial charge in [0.05, 0.1) is 27.3 Å². The molecular formula is C18H7B3F5NO3. The molecule has 2 aliphatic rings. The number of nitrogens with zero attached hydrogens (tertiary/aromatic N) is 1. The van der Waals surface area contributed by atoms with Crippen molar-refractivity contribution in [2.24, 2.45) is 0 Å². The van der Waals surface area contributed by atoms with Crippen molar-refractivity contribution in [3.8, 4) is 17.6 Å². The van der Waals surface area contributed by atoms with E-state index in [1.54, 1.807) is 6.07 Å². The maximum absolute atomic E-state index is 14.7. The molecule has 6 radical (unpaired) electrons. The first-order valence-electron chi connectivity index (χ1n) is 8.28. The maximum atomic E-state index is 14.7. The highest BCUT2D eigenvalue weighted by Crippen LogP contribution is 2.75. The summed E-state index contributed by atoms with van der Waals surface area (Å²) in [6, 6.07) is 5.69. The molecule has 2 atom stereocenters. The van der Waals surface area contributed by atoms with Crippen LogP contribution in [-0.4, -0.2) is 39.7 Å². The van der Waals surface area contributed by atoms with E-state index in [9.17, 15) is 32.2 Å². The molecule has 4 rings (SSSR count). The van der Waals surface area contributed by atoms with Crippen LogP contribution in [0.1, 0.15) is 22.3 Å². The van der Waals surface area contributed by atoms with Crippen molar-refractivity contribution in [2.45, 2.75) is 28.2 Å². The Kier molecular flexibility index (Phi) is 3.87. The minimum Gasteiger partial charge on any atom is -0.457 e. The third kappa shape index (κ3) is 2.04. The van der Waals surface area contributed by atoms with Crippen molar-refractivity contribution in [2.75, 3.05) is 0 Å². The fourth-order valence-corrected chi connectivity index (χ4v) is 4.00. The Morgan fingerprint density at radius 1 is 0.967 bits per heavy atom. The van der Waals surface area contributed by atoms with Crippen molar-refractivity contribution in [3.05, 3.63) is 58.4 Å². The second-order valence-corrected chi connectivity index (χ2v) is 7.25. The van der Waals surface area contributed by atoms with Crippen LogP contribution >= 0.6 is 0 Å². The van der Waals surface area contributed by atoms with E-state index in [4.69, 9.17) is 33.5 Å². The highest BCUT2D eigenvalue weighted by atomic mass is 19.3. The Hall–Kier alpha value is -2.51. The van der Waals surface area contributed by atoms with Gasteiger partial charge in [-0.3, -0.25) is 0 Å². The molecule has 0 aliphatic heterocycles. The molecule has 4 nitrogen and oxygen atoms in total. The van der Waals surface area contributed by atoms with Crippen LogP contribution in [0.3, 0.4) is 0 Å². The topological polar surface area (TPSA) is 73.5 Å². The predicted octanol–water partition coefficient (Wildman–Crippen LogP) is 2.20. The molecule has 30 heavy (non-hydrogen) atoms. The smallest absolute Gasteiger partial charge is 0.345 e. The van der Waals surface area contributed by atoms with Crippen LogP contribution in [0.4, 0.5) is 22.0 Å². The van der Waals surface area contributed by atoms with E-state index in [2.05, 4.69) is 0 Å². The lowest BCUT2D eigenvalue weighted by Gasteiger charge is -2.47. The van der Waals surface area contributed by atoms with Crippen LogP contribution < -0.4 is 4.74 Å². The van der Waals surface area contributed by atoms with Crippen molar-refractivity contribution in [3.63, 3.8) is 0 Å². The monoisotopic (exact) mass is 413 g/mol. The number of nitriles is 1. The van der Waals surface area contributed by atoms with E-state index >= 15 is 0 Å². The molecular weight excluding hydrogens is 406 g/mol. The Morgan fingerprint density at radius 2 is 1.60 bits per heavy atom. The van der Waals surface area contributed by atoms with Gasteiger partial charge >= 0.3 is 11.8 Å². The number of aliphatic hydroxyl groups is 2. The highest BCUT2D eigenvalue weighted by Gasteiger charge is 2.84. The number of halogens is 5. The minimum atomic E-state index is -5.24. The molecule has 2 aliphatic carbocycles. The van der Waals surface area contributed by atoms with E-state index < -0.39 is 56.4 Å². The number of rotatable bonds is 2. The fraction of sp³-hybridized carbons (Fsp3) is 0.278. The van der Waals surface area contributed by atoms with E-state index in [0.29, 0.717) is 6.07 Å². The number of hydrogen-bond donors (Lipinski definition) is 2. The molecule has 0 saturated carbocycles.